The number of urea groups is 1. The molecule has 0 radical (unpaired) electrons. The fraction of sp³-hybridized carbons (Fsp3) is 0.105. The standard InChI is InChI=1S/C19H18FN5O/c1-13(21)25(12-14-3-2-4-17(20)9-14)19(26)24-18-7-5-15(6-8-18)16-10-22-23-11-16/h2-11,21H,12H2,1H3,(H,22,23)(H,24,26). The van der Waals surface area contributed by atoms with E-state index in [0.717, 1.165) is 11.1 Å². The first-order valence-corrected chi connectivity index (χ1v) is 8.00. The van der Waals surface area contributed by atoms with Crippen molar-refractivity contribution in [2.24, 2.45) is 0 Å². The summed E-state index contributed by atoms with van der Waals surface area (Å²) in [5.74, 6) is -0.304. The van der Waals surface area contributed by atoms with Crippen molar-refractivity contribution in [3.63, 3.8) is 0 Å². The second-order valence-corrected chi connectivity index (χ2v) is 5.80. The van der Waals surface area contributed by atoms with Gasteiger partial charge in [-0.1, -0.05) is 24.3 Å². The molecule has 26 heavy (non-hydrogen) atoms. The highest BCUT2D eigenvalue weighted by molar-refractivity contribution is 6.01. The molecule has 0 bridgehead atoms. The third kappa shape index (κ3) is 4.13. The summed E-state index contributed by atoms with van der Waals surface area (Å²) < 4.78 is 13.3. The van der Waals surface area contributed by atoms with Gasteiger partial charge in [-0.15, -0.1) is 0 Å². The highest BCUT2D eigenvalue weighted by Crippen LogP contribution is 2.20. The molecule has 0 aliphatic rings. The molecule has 2 amide bonds. The van der Waals surface area contributed by atoms with Crippen molar-refractivity contribution in [1.82, 2.24) is 15.1 Å². The number of nitrogens with one attached hydrogen (secondary N) is 3. The molecule has 3 rings (SSSR count). The van der Waals surface area contributed by atoms with E-state index in [2.05, 4.69) is 15.5 Å². The SMILES string of the molecule is CC(=N)N(Cc1cccc(F)c1)C(=O)Nc1ccc(-c2cn[nH]c2)cc1. The number of hydrogen-bond donors (Lipinski definition) is 3. The molecule has 1 heterocycles. The summed E-state index contributed by atoms with van der Waals surface area (Å²) in [6, 6.07) is 12.8. The van der Waals surface area contributed by atoms with Gasteiger partial charge in [-0.25, -0.2) is 9.18 Å². The average molecular weight is 351 g/mol. The first-order chi connectivity index (χ1) is 12.5. The number of rotatable bonds is 4. The Labute approximate surface area is 150 Å². The van der Waals surface area contributed by atoms with E-state index < -0.39 is 6.03 Å². The van der Waals surface area contributed by atoms with Gasteiger partial charge in [0.2, 0.25) is 0 Å². The monoisotopic (exact) mass is 351 g/mol. The highest BCUT2D eigenvalue weighted by Gasteiger charge is 2.16. The number of hydrogen-bond acceptors (Lipinski definition) is 3. The molecule has 2 aromatic carbocycles. The Bertz CT molecular complexity index is 906. The molecule has 6 nitrogen and oxygen atoms in total. The van der Waals surface area contributed by atoms with Crippen molar-refractivity contribution in [3.8, 4) is 11.1 Å². The normalized spacial score (nSPS) is 10.4. The van der Waals surface area contributed by atoms with Crippen molar-refractivity contribution in [2.75, 3.05) is 5.32 Å². The predicted molar refractivity (Wildman–Crippen MR) is 98.4 cm³/mol. The van der Waals surface area contributed by atoms with Crippen LogP contribution in [0.4, 0.5) is 14.9 Å². The van der Waals surface area contributed by atoms with E-state index in [4.69, 9.17) is 5.41 Å². The molecule has 0 aliphatic carbocycles. The lowest BCUT2D eigenvalue weighted by Crippen LogP contribution is -2.37. The molecular weight excluding hydrogens is 333 g/mol. The van der Waals surface area contributed by atoms with E-state index in [9.17, 15) is 9.18 Å². The Balaban J connectivity index is 1.70. The van der Waals surface area contributed by atoms with Crippen molar-refractivity contribution in [1.29, 1.82) is 5.41 Å². The smallest absolute Gasteiger partial charge is 0.308 e. The van der Waals surface area contributed by atoms with Gasteiger partial charge in [-0.05, 0) is 42.3 Å². The molecule has 0 spiro atoms. The minimum Gasteiger partial charge on any atom is -0.308 e. The third-order valence-electron chi connectivity index (χ3n) is 3.85. The van der Waals surface area contributed by atoms with Crippen LogP contribution >= 0.6 is 0 Å². The van der Waals surface area contributed by atoms with Crippen LogP contribution in [0.2, 0.25) is 0 Å². The third-order valence-corrected chi connectivity index (χ3v) is 3.85. The van der Waals surface area contributed by atoms with Gasteiger partial charge in [0.25, 0.3) is 0 Å². The molecule has 0 saturated carbocycles. The number of aromatic nitrogens is 2. The van der Waals surface area contributed by atoms with Crippen molar-refractivity contribution < 1.29 is 9.18 Å². The maximum absolute atomic E-state index is 13.3. The number of carbonyl (C=O) groups excluding carboxylic acids is 1. The topological polar surface area (TPSA) is 84.9 Å². The maximum atomic E-state index is 13.3. The van der Waals surface area contributed by atoms with Crippen LogP contribution in [0.3, 0.4) is 0 Å². The lowest BCUT2D eigenvalue weighted by molar-refractivity contribution is 0.232. The molecule has 0 atom stereocenters. The Kier molecular flexibility index (Phi) is 5.07. The summed E-state index contributed by atoms with van der Waals surface area (Å²) in [6.07, 6.45) is 3.50. The van der Waals surface area contributed by atoms with Crippen molar-refractivity contribution in [2.45, 2.75) is 13.5 Å². The molecule has 0 fully saturated rings. The van der Waals surface area contributed by atoms with Crippen molar-refractivity contribution >= 4 is 17.6 Å². The summed E-state index contributed by atoms with van der Waals surface area (Å²) in [4.78, 5) is 13.8. The molecule has 7 heteroatoms. The summed E-state index contributed by atoms with van der Waals surface area (Å²) in [7, 11) is 0. The molecule has 0 unspecified atom stereocenters. The zero-order valence-electron chi connectivity index (χ0n) is 14.2. The number of carbonyl (C=O) groups is 1. The van der Waals surface area contributed by atoms with Gasteiger partial charge < -0.3 is 5.32 Å². The van der Waals surface area contributed by atoms with Gasteiger partial charge in [-0.2, -0.15) is 5.10 Å². The first kappa shape index (κ1) is 17.3. The molecule has 0 saturated heterocycles. The van der Waals surface area contributed by atoms with Gasteiger partial charge in [0, 0.05) is 17.4 Å². The van der Waals surface area contributed by atoms with Gasteiger partial charge in [-0.3, -0.25) is 15.4 Å². The van der Waals surface area contributed by atoms with E-state index in [1.807, 2.05) is 12.1 Å². The molecule has 3 N–H and O–H groups in total. The van der Waals surface area contributed by atoms with Crippen LogP contribution in [-0.4, -0.2) is 27.0 Å². The van der Waals surface area contributed by atoms with Gasteiger partial charge >= 0.3 is 6.03 Å². The Hall–Kier alpha value is -3.48. The lowest BCUT2D eigenvalue weighted by Gasteiger charge is -2.22. The second-order valence-electron chi connectivity index (χ2n) is 5.80. The average Bonchev–Trinajstić information content (AvgIpc) is 3.14. The number of amides is 2. The van der Waals surface area contributed by atoms with E-state index in [-0.39, 0.29) is 18.2 Å². The van der Waals surface area contributed by atoms with Crippen LogP contribution in [-0.2, 0) is 6.54 Å². The summed E-state index contributed by atoms with van der Waals surface area (Å²) in [5, 5.41) is 17.3. The van der Waals surface area contributed by atoms with Crippen molar-refractivity contribution in [3.05, 3.63) is 72.3 Å². The number of amidine groups is 1. The van der Waals surface area contributed by atoms with E-state index >= 15 is 0 Å². The summed E-state index contributed by atoms with van der Waals surface area (Å²) in [6.45, 7) is 1.63. The minimum atomic E-state index is -0.446. The highest BCUT2D eigenvalue weighted by atomic mass is 19.1. The molecule has 1 aromatic heterocycles. The van der Waals surface area contributed by atoms with Crippen LogP contribution in [0.1, 0.15) is 12.5 Å². The largest absolute Gasteiger partial charge is 0.327 e. The quantitative estimate of drug-likeness (QED) is 0.485. The van der Waals surface area contributed by atoms with Gasteiger partial charge in [0.05, 0.1) is 12.7 Å². The lowest BCUT2D eigenvalue weighted by atomic mass is 10.1. The van der Waals surface area contributed by atoms with Crippen LogP contribution in [0.5, 0.6) is 0 Å². The van der Waals surface area contributed by atoms with E-state index in [1.54, 1.807) is 36.7 Å². The predicted octanol–water partition coefficient (Wildman–Crippen LogP) is 4.25. The van der Waals surface area contributed by atoms with Crippen LogP contribution < -0.4 is 5.32 Å². The first-order valence-electron chi connectivity index (χ1n) is 8.00. The van der Waals surface area contributed by atoms with Gasteiger partial charge in [0.1, 0.15) is 11.7 Å². The molecule has 132 valence electrons. The Morgan fingerprint density at radius 3 is 2.62 bits per heavy atom. The maximum Gasteiger partial charge on any atom is 0.327 e. The number of benzene rings is 2. The Morgan fingerprint density at radius 2 is 2.00 bits per heavy atom. The molecule has 3 aromatic rings. The van der Waals surface area contributed by atoms with Gasteiger partial charge in [0.15, 0.2) is 0 Å². The zero-order valence-corrected chi connectivity index (χ0v) is 14.2. The number of halogens is 1. The zero-order chi connectivity index (χ0) is 18.5. The van der Waals surface area contributed by atoms with Crippen LogP contribution in [0.15, 0.2) is 60.9 Å². The fourth-order valence-corrected chi connectivity index (χ4v) is 2.51. The molecular formula is C19H18FN5O. The van der Waals surface area contributed by atoms with Crippen LogP contribution in [0.25, 0.3) is 11.1 Å². The minimum absolute atomic E-state index is 0.0711. The summed E-state index contributed by atoms with van der Waals surface area (Å²) >= 11 is 0. The van der Waals surface area contributed by atoms with E-state index in [0.29, 0.717) is 11.3 Å². The number of H-pyrrole nitrogens is 1. The Morgan fingerprint density at radius 1 is 1.23 bits per heavy atom. The molecule has 0 aliphatic heterocycles. The number of anilines is 1. The van der Waals surface area contributed by atoms with E-state index in [1.165, 1.54) is 24.0 Å². The number of nitrogens with zero attached hydrogens (tertiary/aromatic N) is 2. The number of aromatic amines is 1. The second kappa shape index (κ2) is 7.60. The summed E-state index contributed by atoms with van der Waals surface area (Å²) in [5.41, 5.74) is 3.14. The fourth-order valence-electron chi connectivity index (χ4n) is 2.51. The van der Waals surface area contributed by atoms with Crippen LogP contribution in [0, 0.1) is 11.2 Å².